The quantitative estimate of drug-likeness (QED) is 0.898. The first kappa shape index (κ1) is 14.6. The highest BCUT2D eigenvalue weighted by molar-refractivity contribution is 5.79. The van der Waals surface area contributed by atoms with Crippen molar-refractivity contribution in [2.45, 2.75) is 51.1 Å². The molecule has 21 heavy (non-hydrogen) atoms. The lowest BCUT2D eigenvalue weighted by Crippen LogP contribution is -2.35. The molecule has 5 heteroatoms. The van der Waals surface area contributed by atoms with Crippen LogP contribution >= 0.6 is 0 Å². The molecule has 5 nitrogen and oxygen atoms in total. The van der Waals surface area contributed by atoms with E-state index >= 15 is 0 Å². The summed E-state index contributed by atoms with van der Waals surface area (Å²) in [5.74, 6) is 2.07. The Labute approximate surface area is 126 Å². The molecule has 2 heterocycles. The number of imidazole rings is 1. The fraction of sp³-hybridized carbons (Fsp3) is 0.750. The first-order valence-electron chi connectivity index (χ1n) is 8.19. The van der Waals surface area contributed by atoms with Gasteiger partial charge in [-0.05, 0) is 18.8 Å². The minimum atomic E-state index is 0.276. The molecule has 0 unspecified atom stereocenters. The van der Waals surface area contributed by atoms with E-state index in [2.05, 4.69) is 15.2 Å². The lowest BCUT2D eigenvalue weighted by atomic mass is 9.89. The summed E-state index contributed by atoms with van der Waals surface area (Å²) >= 11 is 0. The number of likely N-dealkylation sites (tertiary alicyclic amines) is 1. The molecular formula is C16H26N4O. The molecule has 1 N–H and O–H groups in total. The molecule has 2 fully saturated rings. The van der Waals surface area contributed by atoms with E-state index in [4.69, 9.17) is 0 Å². The van der Waals surface area contributed by atoms with E-state index in [9.17, 15) is 4.79 Å². The predicted octanol–water partition coefficient (Wildman–Crippen LogP) is 1.69. The van der Waals surface area contributed by atoms with Crippen molar-refractivity contribution in [1.29, 1.82) is 0 Å². The molecule has 1 saturated carbocycles. The topological polar surface area (TPSA) is 50.2 Å². The molecular weight excluding hydrogens is 264 g/mol. The molecule has 3 rings (SSSR count). The third kappa shape index (κ3) is 3.64. The normalized spacial score (nSPS) is 24.0. The van der Waals surface area contributed by atoms with E-state index in [0.717, 1.165) is 31.4 Å². The average molecular weight is 290 g/mol. The number of hydrogen-bond donors (Lipinski definition) is 1. The molecule has 116 valence electrons. The van der Waals surface area contributed by atoms with Crippen molar-refractivity contribution in [2.75, 3.05) is 13.1 Å². The molecule has 0 aromatic carbocycles. The Hall–Kier alpha value is -1.36. The zero-order chi connectivity index (χ0) is 14.7. The molecule has 0 spiro atoms. The van der Waals surface area contributed by atoms with Gasteiger partial charge in [-0.2, -0.15) is 0 Å². The monoisotopic (exact) mass is 290 g/mol. The first-order valence-corrected chi connectivity index (χ1v) is 8.19. The van der Waals surface area contributed by atoms with Crippen LogP contribution in [-0.4, -0.2) is 39.5 Å². The highest BCUT2D eigenvalue weighted by Gasteiger charge is 2.31. The van der Waals surface area contributed by atoms with Crippen molar-refractivity contribution < 1.29 is 4.79 Å². The molecule has 0 bridgehead atoms. The number of nitrogens with zero attached hydrogens (tertiary/aromatic N) is 3. The molecule has 1 saturated heterocycles. The van der Waals surface area contributed by atoms with Gasteiger partial charge in [0, 0.05) is 45.0 Å². The molecule has 1 aliphatic carbocycles. The van der Waals surface area contributed by atoms with Crippen molar-refractivity contribution in [1.82, 2.24) is 19.8 Å². The van der Waals surface area contributed by atoms with Crippen LogP contribution in [0.2, 0.25) is 0 Å². The summed E-state index contributed by atoms with van der Waals surface area (Å²) in [6, 6.07) is 0.276. The Morgan fingerprint density at radius 3 is 2.86 bits per heavy atom. The molecule has 0 radical (unpaired) electrons. The number of carbonyl (C=O) groups is 1. The number of aryl methyl sites for hydroxylation is 1. The van der Waals surface area contributed by atoms with Crippen molar-refractivity contribution in [2.24, 2.45) is 13.0 Å². The SMILES string of the molecule is Cn1ccnc1CN[C@H]1CC(=O)N(CC2CCCCC2)C1. The largest absolute Gasteiger partial charge is 0.341 e. The summed E-state index contributed by atoms with van der Waals surface area (Å²) in [5, 5.41) is 3.48. The maximum Gasteiger partial charge on any atom is 0.224 e. The van der Waals surface area contributed by atoms with E-state index in [1.54, 1.807) is 0 Å². The fourth-order valence-corrected chi connectivity index (χ4v) is 3.57. The van der Waals surface area contributed by atoms with Gasteiger partial charge in [-0.3, -0.25) is 4.79 Å². The first-order chi connectivity index (χ1) is 10.2. The zero-order valence-electron chi connectivity index (χ0n) is 12.9. The maximum absolute atomic E-state index is 12.2. The van der Waals surface area contributed by atoms with Gasteiger partial charge in [-0.1, -0.05) is 19.3 Å². The van der Waals surface area contributed by atoms with Gasteiger partial charge < -0.3 is 14.8 Å². The van der Waals surface area contributed by atoms with Crippen LogP contribution < -0.4 is 5.32 Å². The molecule has 1 aliphatic heterocycles. The Bertz CT molecular complexity index is 478. The molecule has 2 aliphatic rings. The van der Waals surface area contributed by atoms with Crippen molar-refractivity contribution in [3.8, 4) is 0 Å². The van der Waals surface area contributed by atoms with Crippen LogP contribution in [0.3, 0.4) is 0 Å². The molecule has 1 atom stereocenters. The fourth-order valence-electron chi connectivity index (χ4n) is 3.57. The minimum Gasteiger partial charge on any atom is -0.341 e. The smallest absolute Gasteiger partial charge is 0.224 e. The standard InChI is InChI=1S/C16H26N4O/c1-19-8-7-17-15(19)10-18-14-9-16(21)20(12-14)11-13-5-3-2-4-6-13/h7-8,13-14,18H,2-6,9-12H2,1H3/t14-/m0/s1. The lowest BCUT2D eigenvalue weighted by Gasteiger charge is -2.27. The van der Waals surface area contributed by atoms with Gasteiger partial charge in [-0.15, -0.1) is 0 Å². The number of amides is 1. The Morgan fingerprint density at radius 2 is 2.14 bits per heavy atom. The van der Waals surface area contributed by atoms with Crippen molar-refractivity contribution >= 4 is 5.91 Å². The number of rotatable bonds is 5. The Balaban J connectivity index is 1.46. The highest BCUT2D eigenvalue weighted by atomic mass is 16.2. The summed E-state index contributed by atoms with van der Waals surface area (Å²) in [6.07, 6.45) is 11.1. The number of aromatic nitrogens is 2. The van der Waals surface area contributed by atoms with Gasteiger partial charge in [0.25, 0.3) is 0 Å². The maximum atomic E-state index is 12.2. The van der Waals surface area contributed by atoms with Crippen LogP contribution in [-0.2, 0) is 18.4 Å². The van der Waals surface area contributed by atoms with Gasteiger partial charge in [0.1, 0.15) is 5.82 Å². The lowest BCUT2D eigenvalue weighted by molar-refractivity contribution is -0.128. The number of nitrogens with one attached hydrogen (secondary N) is 1. The van der Waals surface area contributed by atoms with Gasteiger partial charge in [0.15, 0.2) is 0 Å². The van der Waals surface area contributed by atoms with E-state index in [1.807, 2.05) is 24.0 Å². The van der Waals surface area contributed by atoms with E-state index < -0.39 is 0 Å². The van der Waals surface area contributed by atoms with Crippen LogP contribution in [0.15, 0.2) is 12.4 Å². The van der Waals surface area contributed by atoms with E-state index in [-0.39, 0.29) is 6.04 Å². The second kappa shape index (κ2) is 6.60. The van der Waals surface area contributed by atoms with Crippen LogP contribution in [0, 0.1) is 5.92 Å². The minimum absolute atomic E-state index is 0.276. The third-order valence-corrected chi connectivity index (χ3v) is 4.89. The second-order valence-electron chi connectivity index (χ2n) is 6.54. The van der Waals surface area contributed by atoms with Crippen LogP contribution in [0.5, 0.6) is 0 Å². The van der Waals surface area contributed by atoms with Crippen LogP contribution in [0.4, 0.5) is 0 Å². The van der Waals surface area contributed by atoms with Crippen LogP contribution in [0.1, 0.15) is 44.3 Å². The predicted molar refractivity (Wildman–Crippen MR) is 81.6 cm³/mol. The summed E-state index contributed by atoms with van der Waals surface area (Å²) in [7, 11) is 2.00. The summed E-state index contributed by atoms with van der Waals surface area (Å²) in [5.41, 5.74) is 0. The summed E-state index contributed by atoms with van der Waals surface area (Å²) in [4.78, 5) is 18.5. The second-order valence-corrected chi connectivity index (χ2v) is 6.54. The van der Waals surface area contributed by atoms with E-state index in [0.29, 0.717) is 12.3 Å². The van der Waals surface area contributed by atoms with Crippen molar-refractivity contribution in [3.63, 3.8) is 0 Å². The Morgan fingerprint density at radius 1 is 1.33 bits per heavy atom. The van der Waals surface area contributed by atoms with Gasteiger partial charge >= 0.3 is 0 Å². The summed E-state index contributed by atoms with van der Waals surface area (Å²) < 4.78 is 2.02. The number of hydrogen-bond acceptors (Lipinski definition) is 3. The summed E-state index contributed by atoms with van der Waals surface area (Å²) in [6.45, 7) is 2.57. The zero-order valence-corrected chi connectivity index (χ0v) is 12.9. The van der Waals surface area contributed by atoms with Gasteiger partial charge in [-0.25, -0.2) is 4.98 Å². The van der Waals surface area contributed by atoms with Crippen LogP contribution in [0.25, 0.3) is 0 Å². The number of carbonyl (C=O) groups excluding carboxylic acids is 1. The van der Waals surface area contributed by atoms with Gasteiger partial charge in [0.2, 0.25) is 5.91 Å². The Kier molecular flexibility index (Phi) is 4.58. The van der Waals surface area contributed by atoms with E-state index in [1.165, 1.54) is 32.1 Å². The molecule has 1 amide bonds. The van der Waals surface area contributed by atoms with Gasteiger partial charge in [0.05, 0.1) is 6.54 Å². The highest BCUT2D eigenvalue weighted by Crippen LogP contribution is 2.26. The average Bonchev–Trinajstić information content (AvgIpc) is 3.04. The third-order valence-electron chi connectivity index (χ3n) is 4.89. The molecule has 1 aromatic rings. The van der Waals surface area contributed by atoms with Crippen molar-refractivity contribution in [3.05, 3.63) is 18.2 Å². The molecule has 1 aromatic heterocycles.